The highest BCUT2D eigenvalue weighted by atomic mass is 16.5. The van der Waals surface area contributed by atoms with Crippen molar-refractivity contribution in [1.82, 2.24) is 0 Å². The number of carbonyl (C=O) groups is 3. The molecule has 3 rings (SSSR count). The van der Waals surface area contributed by atoms with E-state index in [2.05, 4.69) is 13.2 Å². The molecule has 2 amide bonds. The predicted molar refractivity (Wildman–Crippen MR) is 122 cm³/mol. The lowest BCUT2D eigenvalue weighted by Gasteiger charge is -2.20. The van der Waals surface area contributed by atoms with Gasteiger partial charge >= 0.3 is 5.97 Å². The van der Waals surface area contributed by atoms with E-state index >= 15 is 0 Å². The van der Waals surface area contributed by atoms with E-state index in [1.807, 2.05) is 0 Å². The molecule has 0 saturated heterocycles. The maximum Gasteiger partial charge on any atom is 0.338 e. The first-order chi connectivity index (χ1) is 15.9. The third-order valence-electron chi connectivity index (χ3n) is 4.90. The molecule has 2 aromatic carbocycles. The molecule has 0 saturated carbocycles. The summed E-state index contributed by atoms with van der Waals surface area (Å²) in [5.74, 6) is -1.31. The van der Waals surface area contributed by atoms with Crippen molar-refractivity contribution in [2.75, 3.05) is 24.7 Å². The van der Waals surface area contributed by atoms with Crippen molar-refractivity contribution in [2.45, 2.75) is 19.4 Å². The number of esters is 1. The average molecular weight is 451 g/mol. The Bertz CT molecular complexity index is 1090. The Hall–Kier alpha value is -3.91. The summed E-state index contributed by atoms with van der Waals surface area (Å²) in [7, 11) is 0. The van der Waals surface area contributed by atoms with Gasteiger partial charge in [0.05, 0.1) is 28.5 Å². The summed E-state index contributed by atoms with van der Waals surface area (Å²) in [6.45, 7) is 9.18. The third kappa shape index (κ3) is 4.96. The predicted octanol–water partition coefficient (Wildman–Crippen LogP) is 3.54. The van der Waals surface area contributed by atoms with Gasteiger partial charge in [0, 0.05) is 0 Å². The molecule has 1 aliphatic heterocycles. The third-order valence-corrected chi connectivity index (χ3v) is 4.90. The van der Waals surface area contributed by atoms with E-state index in [9.17, 15) is 19.5 Å². The molecule has 1 unspecified atom stereocenters. The van der Waals surface area contributed by atoms with Crippen LogP contribution in [0.1, 0.15) is 44.4 Å². The summed E-state index contributed by atoms with van der Waals surface area (Å²) in [6.07, 6.45) is 2.76. The number of ether oxygens (including phenoxy) is 3. The molecule has 0 aliphatic carbocycles. The number of imide groups is 1. The topological polar surface area (TPSA) is 102 Å². The number of hydrogen-bond acceptors (Lipinski definition) is 7. The average Bonchev–Trinajstić information content (AvgIpc) is 3.08. The largest absolute Gasteiger partial charge is 0.486 e. The fraction of sp³-hybridized carbons (Fsp3) is 0.240. The molecule has 2 aromatic rings. The van der Waals surface area contributed by atoms with Crippen LogP contribution in [0.15, 0.2) is 61.7 Å². The summed E-state index contributed by atoms with van der Waals surface area (Å²) in [6, 6.07) is 9.00. The molecule has 0 aromatic heterocycles. The van der Waals surface area contributed by atoms with Crippen LogP contribution >= 0.6 is 0 Å². The first-order valence-electron chi connectivity index (χ1n) is 10.4. The number of amides is 2. The van der Waals surface area contributed by atoms with E-state index < -0.39 is 23.9 Å². The number of rotatable bonds is 11. The summed E-state index contributed by atoms with van der Waals surface area (Å²) in [5.41, 5.74) is 0.529. The van der Waals surface area contributed by atoms with E-state index in [0.717, 1.165) is 4.90 Å². The van der Waals surface area contributed by atoms with Crippen LogP contribution in [0.25, 0.3) is 0 Å². The molecular formula is C25H25NO7. The Morgan fingerprint density at radius 3 is 2.45 bits per heavy atom. The standard InChI is InChI=1S/C25H25NO7/c1-4-12-31-21-9-7-8-20(22(21)32-13-5-2)26-23(28)18-11-10-16(14-19(18)24(26)29)25(30)33-15-17(27)6-3/h4-5,7-11,14,17,27H,1-2,6,12-13,15H2,3H3. The van der Waals surface area contributed by atoms with Crippen LogP contribution in [0.2, 0.25) is 0 Å². The lowest BCUT2D eigenvalue weighted by molar-refractivity contribution is 0.0250. The lowest BCUT2D eigenvalue weighted by atomic mass is 10.1. The van der Waals surface area contributed by atoms with E-state index in [4.69, 9.17) is 14.2 Å². The van der Waals surface area contributed by atoms with Gasteiger partial charge in [0.1, 0.15) is 19.8 Å². The monoisotopic (exact) mass is 451 g/mol. The van der Waals surface area contributed by atoms with Crippen molar-refractivity contribution in [3.05, 3.63) is 78.4 Å². The molecule has 0 bridgehead atoms. The zero-order valence-corrected chi connectivity index (χ0v) is 18.3. The minimum Gasteiger partial charge on any atom is -0.486 e. The Kier molecular flexibility index (Phi) is 7.63. The second-order valence-electron chi connectivity index (χ2n) is 7.17. The fourth-order valence-corrected chi connectivity index (χ4v) is 3.19. The van der Waals surface area contributed by atoms with Gasteiger partial charge in [-0.2, -0.15) is 0 Å². The molecule has 8 nitrogen and oxygen atoms in total. The van der Waals surface area contributed by atoms with Crippen LogP contribution in [0, 0.1) is 0 Å². The molecule has 172 valence electrons. The number of aliphatic hydroxyl groups is 1. The maximum absolute atomic E-state index is 13.2. The number of anilines is 1. The van der Waals surface area contributed by atoms with Gasteiger partial charge in [-0.05, 0) is 36.8 Å². The maximum atomic E-state index is 13.2. The van der Waals surface area contributed by atoms with Gasteiger partial charge in [0.2, 0.25) is 0 Å². The highest BCUT2D eigenvalue weighted by Crippen LogP contribution is 2.41. The highest BCUT2D eigenvalue weighted by molar-refractivity contribution is 6.35. The molecule has 0 spiro atoms. The van der Waals surface area contributed by atoms with Crippen LogP contribution in [0.3, 0.4) is 0 Å². The number of benzene rings is 2. The van der Waals surface area contributed by atoms with E-state index in [1.54, 1.807) is 31.2 Å². The first kappa shape index (κ1) is 23.7. The Morgan fingerprint density at radius 2 is 1.76 bits per heavy atom. The van der Waals surface area contributed by atoms with Crippen molar-refractivity contribution in [3.63, 3.8) is 0 Å². The van der Waals surface area contributed by atoms with Crippen molar-refractivity contribution < 1.29 is 33.7 Å². The van der Waals surface area contributed by atoms with Crippen LogP contribution in [-0.2, 0) is 4.74 Å². The minimum absolute atomic E-state index is 0.0672. The SMILES string of the molecule is C=CCOc1cccc(N2C(=O)c3ccc(C(=O)OCC(O)CC)cc3C2=O)c1OCC=C. The van der Waals surface area contributed by atoms with Gasteiger partial charge < -0.3 is 19.3 Å². The Balaban J connectivity index is 1.95. The highest BCUT2D eigenvalue weighted by Gasteiger charge is 2.39. The molecule has 33 heavy (non-hydrogen) atoms. The summed E-state index contributed by atoms with van der Waals surface area (Å²) < 4.78 is 16.4. The molecule has 1 aliphatic rings. The lowest BCUT2D eigenvalue weighted by Crippen LogP contribution is -2.30. The zero-order valence-electron chi connectivity index (χ0n) is 18.3. The van der Waals surface area contributed by atoms with Crippen LogP contribution in [0.4, 0.5) is 5.69 Å². The number of carbonyl (C=O) groups excluding carboxylic acids is 3. The van der Waals surface area contributed by atoms with E-state index in [0.29, 0.717) is 12.2 Å². The second-order valence-corrected chi connectivity index (χ2v) is 7.17. The quantitative estimate of drug-likeness (QED) is 0.317. The van der Waals surface area contributed by atoms with E-state index in [-0.39, 0.29) is 47.9 Å². The minimum atomic E-state index is -0.772. The number of hydrogen-bond donors (Lipinski definition) is 1. The number of fused-ring (bicyclic) bond motifs is 1. The molecule has 1 N–H and O–H groups in total. The normalized spacial score (nSPS) is 13.3. The van der Waals surface area contributed by atoms with Gasteiger partial charge in [-0.25, -0.2) is 9.69 Å². The number of nitrogens with zero attached hydrogens (tertiary/aromatic N) is 1. The summed E-state index contributed by atoms with van der Waals surface area (Å²) in [4.78, 5) is 39.7. The Morgan fingerprint density at radius 1 is 1.06 bits per heavy atom. The van der Waals surface area contributed by atoms with Crippen molar-refractivity contribution in [1.29, 1.82) is 0 Å². The molecule has 8 heteroatoms. The summed E-state index contributed by atoms with van der Waals surface area (Å²) in [5, 5.41) is 9.59. The van der Waals surface area contributed by atoms with Crippen LogP contribution < -0.4 is 14.4 Å². The van der Waals surface area contributed by atoms with Gasteiger partial charge in [0.15, 0.2) is 11.5 Å². The molecule has 1 heterocycles. The molecular weight excluding hydrogens is 426 g/mol. The van der Waals surface area contributed by atoms with Crippen molar-refractivity contribution in [2.24, 2.45) is 0 Å². The van der Waals surface area contributed by atoms with Crippen LogP contribution in [0.5, 0.6) is 11.5 Å². The number of aliphatic hydroxyl groups excluding tert-OH is 1. The van der Waals surface area contributed by atoms with Gasteiger partial charge in [0.25, 0.3) is 11.8 Å². The van der Waals surface area contributed by atoms with Crippen molar-refractivity contribution in [3.8, 4) is 11.5 Å². The molecule has 0 radical (unpaired) electrons. The second kappa shape index (κ2) is 10.6. The Labute approximate surface area is 191 Å². The smallest absolute Gasteiger partial charge is 0.338 e. The first-order valence-corrected chi connectivity index (χ1v) is 10.4. The van der Waals surface area contributed by atoms with Crippen LogP contribution in [-0.4, -0.2) is 48.8 Å². The number of para-hydroxylation sites is 1. The van der Waals surface area contributed by atoms with Gasteiger partial charge in [-0.1, -0.05) is 38.3 Å². The summed E-state index contributed by atoms with van der Waals surface area (Å²) >= 11 is 0. The van der Waals surface area contributed by atoms with Gasteiger partial charge in [-0.3, -0.25) is 9.59 Å². The molecule has 1 atom stereocenters. The van der Waals surface area contributed by atoms with Crippen molar-refractivity contribution >= 4 is 23.5 Å². The fourth-order valence-electron chi connectivity index (χ4n) is 3.19. The zero-order chi connectivity index (χ0) is 24.0. The van der Waals surface area contributed by atoms with E-state index in [1.165, 1.54) is 24.3 Å². The van der Waals surface area contributed by atoms with Gasteiger partial charge in [-0.15, -0.1) is 0 Å². The molecule has 0 fully saturated rings.